The smallest absolute Gasteiger partial charge is 0.169 e. The first-order valence-electron chi connectivity index (χ1n) is 16.8. The maximum Gasteiger partial charge on any atom is 0.169 e. The van der Waals surface area contributed by atoms with Crippen LogP contribution in [0.15, 0.2) is 24.3 Å². The van der Waals surface area contributed by atoms with Crippen LogP contribution >= 0.6 is 0 Å². The van der Waals surface area contributed by atoms with E-state index in [4.69, 9.17) is 14.2 Å². The average Bonchev–Trinajstić information content (AvgIpc) is 3.44. The van der Waals surface area contributed by atoms with E-state index in [1.54, 1.807) is 0 Å². The number of aromatic nitrogens is 1. The molecule has 7 aliphatic rings. The number of ether oxygens (including phenoxy) is 3. The first-order chi connectivity index (χ1) is 20.5. The fraction of sp³-hybridized carbons (Fsp3) is 0.703. The van der Waals surface area contributed by atoms with Crippen molar-refractivity contribution in [3.05, 3.63) is 46.7 Å². The Labute approximate surface area is 259 Å². The van der Waals surface area contributed by atoms with Crippen molar-refractivity contribution >= 4 is 16.7 Å². The van der Waals surface area contributed by atoms with Crippen molar-refractivity contribution in [2.75, 3.05) is 0 Å². The van der Waals surface area contributed by atoms with E-state index in [1.165, 1.54) is 22.2 Å². The monoisotopic (exact) mass is 601 g/mol. The van der Waals surface area contributed by atoms with E-state index < -0.39 is 40.5 Å². The summed E-state index contributed by atoms with van der Waals surface area (Å²) in [7, 11) is 0. The lowest BCUT2D eigenvalue weighted by molar-refractivity contribution is -0.265. The minimum atomic E-state index is -1.15. The molecule has 4 unspecified atom stereocenters. The summed E-state index contributed by atoms with van der Waals surface area (Å²) in [5, 5.41) is 25.5. The molecule has 7 heteroatoms. The quantitative estimate of drug-likeness (QED) is 0.302. The number of H-pyrrole nitrogens is 1. The van der Waals surface area contributed by atoms with Crippen LogP contribution in [-0.2, 0) is 32.5 Å². The molecule has 1 spiro atoms. The van der Waals surface area contributed by atoms with Crippen LogP contribution in [0.25, 0.3) is 10.9 Å². The molecule has 9 rings (SSSR count). The van der Waals surface area contributed by atoms with E-state index in [0.717, 1.165) is 48.8 Å². The van der Waals surface area contributed by atoms with Gasteiger partial charge in [-0.3, -0.25) is 4.79 Å². The van der Waals surface area contributed by atoms with Crippen LogP contribution in [0, 0.1) is 23.2 Å². The van der Waals surface area contributed by atoms with E-state index in [1.807, 2.05) is 13.0 Å². The third-order valence-electron chi connectivity index (χ3n) is 14.6. The first kappa shape index (κ1) is 28.2. The summed E-state index contributed by atoms with van der Waals surface area (Å²) in [6.07, 6.45) is 2.77. The molecule has 3 N–H and O–H groups in total. The topological polar surface area (TPSA) is 104 Å². The molecule has 4 heterocycles. The van der Waals surface area contributed by atoms with Crippen LogP contribution in [0.2, 0.25) is 0 Å². The molecule has 0 bridgehead atoms. The van der Waals surface area contributed by atoms with Gasteiger partial charge in [0.2, 0.25) is 0 Å². The minimum Gasteiger partial charge on any atom is -0.387 e. The molecular formula is C37H47NO6. The van der Waals surface area contributed by atoms with Gasteiger partial charge in [-0.1, -0.05) is 20.4 Å². The molecule has 3 saturated heterocycles. The Balaban J connectivity index is 1.18. The molecule has 44 heavy (non-hydrogen) atoms. The van der Waals surface area contributed by atoms with Crippen molar-refractivity contribution in [3.8, 4) is 0 Å². The number of rotatable bonds is 1. The van der Waals surface area contributed by atoms with Gasteiger partial charge in [0, 0.05) is 38.9 Å². The number of epoxide rings is 1. The van der Waals surface area contributed by atoms with Crippen molar-refractivity contribution in [2.24, 2.45) is 23.2 Å². The highest BCUT2D eigenvalue weighted by Crippen LogP contribution is 2.75. The highest BCUT2D eigenvalue weighted by Gasteiger charge is 2.86. The molecule has 236 valence electrons. The summed E-state index contributed by atoms with van der Waals surface area (Å²) in [6.45, 7) is 19.0. The van der Waals surface area contributed by atoms with Gasteiger partial charge in [-0.05, 0) is 108 Å². The number of Topliss-reactive ketones (excluding diaryl/α,β-unsaturated/α-hetero) is 1. The summed E-state index contributed by atoms with van der Waals surface area (Å²) in [5.74, 6) is 0.538. The zero-order chi connectivity index (χ0) is 31.1. The van der Waals surface area contributed by atoms with Gasteiger partial charge in [0.15, 0.2) is 11.4 Å². The van der Waals surface area contributed by atoms with E-state index in [2.05, 4.69) is 59.2 Å². The molecule has 4 aliphatic carbocycles. The summed E-state index contributed by atoms with van der Waals surface area (Å²) in [5.41, 5.74) is 2.65. The van der Waals surface area contributed by atoms with Gasteiger partial charge in [0.1, 0.15) is 23.9 Å². The van der Waals surface area contributed by atoms with Crippen LogP contribution in [0.5, 0.6) is 0 Å². The fourth-order valence-corrected chi connectivity index (χ4v) is 12.4. The normalized spacial score (nSPS) is 48.8. The SMILES string of the molecule is C=C(C)[C@H]1O[C@H]2CCC3(C)[C@@]4(C)c5[nH]c6ccc7c(c6c5CC4CC[C@@]3(O)[C@]23O[C@@H]3[C@@H]1O)CC1C(C7=O)C(C)(C)OC1(C)C. The zero-order valence-electron chi connectivity index (χ0n) is 27.2. The van der Waals surface area contributed by atoms with E-state index in [9.17, 15) is 15.0 Å². The number of benzene rings is 1. The molecule has 1 aromatic carbocycles. The largest absolute Gasteiger partial charge is 0.387 e. The number of hydrogen-bond acceptors (Lipinski definition) is 6. The predicted octanol–water partition coefficient (Wildman–Crippen LogP) is 5.32. The van der Waals surface area contributed by atoms with Crippen LogP contribution in [-0.4, -0.2) is 67.8 Å². The molecular weight excluding hydrogens is 554 g/mol. The first-order valence-corrected chi connectivity index (χ1v) is 16.8. The predicted molar refractivity (Wildman–Crippen MR) is 166 cm³/mol. The molecule has 2 aromatic rings. The Morgan fingerprint density at radius 2 is 1.77 bits per heavy atom. The Morgan fingerprint density at radius 3 is 2.50 bits per heavy atom. The number of aliphatic hydroxyl groups is 2. The highest BCUT2D eigenvalue weighted by atomic mass is 16.7. The van der Waals surface area contributed by atoms with Crippen LogP contribution in [0.1, 0.15) is 101 Å². The summed E-state index contributed by atoms with van der Waals surface area (Å²) in [4.78, 5) is 18.0. The lowest BCUT2D eigenvalue weighted by Crippen LogP contribution is -2.76. The number of ketones is 1. The van der Waals surface area contributed by atoms with Crippen molar-refractivity contribution in [3.63, 3.8) is 0 Å². The number of fused-ring (bicyclic) bond motifs is 10. The van der Waals surface area contributed by atoms with Crippen molar-refractivity contribution in [1.29, 1.82) is 0 Å². The van der Waals surface area contributed by atoms with Gasteiger partial charge < -0.3 is 29.4 Å². The Kier molecular flexibility index (Phi) is 5.07. The van der Waals surface area contributed by atoms with E-state index in [0.29, 0.717) is 12.3 Å². The van der Waals surface area contributed by atoms with Gasteiger partial charge in [0.05, 0.1) is 23.2 Å². The van der Waals surface area contributed by atoms with Gasteiger partial charge in [-0.2, -0.15) is 0 Å². The summed E-state index contributed by atoms with van der Waals surface area (Å²) in [6, 6.07) is 4.14. The zero-order valence-corrected chi connectivity index (χ0v) is 27.2. The lowest BCUT2D eigenvalue weighted by Gasteiger charge is -2.66. The maximum atomic E-state index is 14.2. The van der Waals surface area contributed by atoms with Crippen LogP contribution in [0.3, 0.4) is 0 Å². The summed E-state index contributed by atoms with van der Waals surface area (Å²) >= 11 is 0. The second kappa shape index (κ2) is 7.91. The molecule has 11 atom stereocenters. The van der Waals surface area contributed by atoms with Crippen molar-refractivity contribution in [2.45, 2.75) is 139 Å². The molecule has 5 fully saturated rings. The molecule has 0 amide bonds. The minimum absolute atomic E-state index is 0.120. The van der Waals surface area contributed by atoms with Gasteiger partial charge >= 0.3 is 0 Å². The second-order valence-electron chi connectivity index (χ2n) is 17.0. The number of aliphatic hydroxyl groups excluding tert-OH is 1. The van der Waals surface area contributed by atoms with E-state index >= 15 is 0 Å². The number of aromatic amines is 1. The Hall–Kier alpha value is -2.03. The number of nitrogens with one attached hydrogen (secondary N) is 1. The Bertz CT molecular complexity index is 1690. The molecule has 0 radical (unpaired) electrons. The third kappa shape index (κ3) is 2.81. The molecule has 7 nitrogen and oxygen atoms in total. The van der Waals surface area contributed by atoms with Crippen LogP contribution < -0.4 is 0 Å². The fourth-order valence-electron chi connectivity index (χ4n) is 12.4. The lowest BCUT2D eigenvalue weighted by atomic mass is 9.40. The third-order valence-corrected chi connectivity index (χ3v) is 14.6. The second-order valence-corrected chi connectivity index (χ2v) is 17.0. The highest BCUT2D eigenvalue weighted by molar-refractivity contribution is 6.06. The number of carbonyl (C=O) groups excluding carboxylic acids is 1. The molecule has 3 aliphatic heterocycles. The van der Waals surface area contributed by atoms with Crippen molar-refractivity contribution < 1.29 is 29.2 Å². The standard InChI is InChI=1S/C37H47NO6/c1-17(2)29-28(40)31-37(43-31)24(42-29)12-13-34(7)35(8)18(11-14-36(34,37)41)15-21-25-20-16-22-26(33(5,6)44-32(22,3)4)27(39)19(20)9-10-23(25)38-30(21)35/h9-10,18,22,24,26,28-29,31,38,40-41H,1,11-16H2,2-8H3/t18?,22?,24-,26?,28+,29+,31+,34?,35+,36-,37-/m0/s1. The van der Waals surface area contributed by atoms with Crippen LogP contribution in [0.4, 0.5) is 0 Å². The van der Waals surface area contributed by atoms with E-state index in [-0.39, 0.29) is 34.7 Å². The molecule has 2 saturated carbocycles. The number of hydrogen-bond donors (Lipinski definition) is 3. The summed E-state index contributed by atoms with van der Waals surface area (Å²) < 4.78 is 19.5. The van der Waals surface area contributed by atoms with Crippen molar-refractivity contribution in [1.82, 2.24) is 4.98 Å². The maximum absolute atomic E-state index is 14.2. The average molecular weight is 602 g/mol. The van der Waals surface area contributed by atoms with Gasteiger partial charge in [-0.15, -0.1) is 0 Å². The molecule has 1 aromatic heterocycles. The van der Waals surface area contributed by atoms with Gasteiger partial charge in [-0.25, -0.2) is 0 Å². The number of carbonyl (C=O) groups is 1. The van der Waals surface area contributed by atoms with Gasteiger partial charge in [0.25, 0.3) is 0 Å². The Morgan fingerprint density at radius 1 is 1.02 bits per heavy atom.